The van der Waals surface area contributed by atoms with Crippen molar-refractivity contribution in [3.63, 3.8) is 0 Å². The molecule has 2 fully saturated rings. The van der Waals surface area contributed by atoms with Crippen LogP contribution in [0, 0.1) is 6.92 Å². The third kappa shape index (κ3) is 5.19. The zero-order chi connectivity index (χ0) is 29.4. The summed E-state index contributed by atoms with van der Waals surface area (Å²) in [6.45, 7) is 1.18. The number of nitrogens with two attached hydrogens (primary N) is 2. The van der Waals surface area contributed by atoms with Crippen LogP contribution < -0.4 is 21.7 Å². The summed E-state index contributed by atoms with van der Waals surface area (Å²) in [5.41, 5.74) is 10.1. The van der Waals surface area contributed by atoms with Gasteiger partial charge in [0.2, 0.25) is 0 Å². The minimum absolute atomic E-state index is 0.0223. The summed E-state index contributed by atoms with van der Waals surface area (Å²) < 4.78 is 10.7. The first-order valence-corrected chi connectivity index (χ1v) is 12.8. The number of anilines is 2. The number of aromatic nitrogens is 2. The second kappa shape index (κ2) is 10.7. The maximum Gasteiger partial charge on any atom is 0.356 e. The van der Waals surface area contributed by atoms with Gasteiger partial charge in [-0.15, -0.1) is 11.3 Å². The van der Waals surface area contributed by atoms with Crippen LogP contribution in [-0.2, 0) is 33.5 Å². The van der Waals surface area contributed by atoms with Crippen LogP contribution in [0.1, 0.15) is 17.9 Å². The van der Waals surface area contributed by atoms with Gasteiger partial charge in [0.25, 0.3) is 23.6 Å². The highest BCUT2D eigenvalue weighted by molar-refractivity contribution is 7.13. The zero-order valence-electron chi connectivity index (χ0n) is 21.2. The monoisotopic (exact) mass is 586 g/mol. The number of oxime groups is 1. The standard InChI is InChI=1S/C23H22N8O9S/c1-9-4-15(28-40-9)30-3-2-10(20(30)34)5-13-18(22(36)37)31-12(6-38-13)17(21(31)35)27-19(33)16(29-39-7-14(24)32)11-8-41-23(25)26-11/h4-5,8,12,17H,2-3,6-7H2,1H3,(H2,24,32)(H2,25,26)(H,27,33)(H,36,37)/b10-5+,29-16-/t12-,17+/m1/s1. The number of nitrogens with one attached hydrogen (secondary N) is 1. The molecule has 214 valence electrons. The van der Waals surface area contributed by atoms with Crippen LogP contribution >= 0.6 is 11.3 Å². The van der Waals surface area contributed by atoms with E-state index in [1.807, 2.05) is 0 Å². The van der Waals surface area contributed by atoms with Gasteiger partial charge in [-0.25, -0.2) is 9.78 Å². The number of carbonyl (C=O) groups excluding carboxylic acids is 4. The Morgan fingerprint density at radius 3 is 2.78 bits per heavy atom. The molecular weight excluding hydrogens is 564 g/mol. The molecule has 0 aliphatic carbocycles. The molecule has 5 heterocycles. The van der Waals surface area contributed by atoms with Crippen molar-refractivity contribution < 1.29 is 43.2 Å². The quantitative estimate of drug-likeness (QED) is 0.115. The molecule has 2 aromatic rings. The number of primary amides is 1. The fourth-order valence-electron chi connectivity index (χ4n) is 4.41. The molecule has 0 bridgehead atoms. The minimum atomic E-state index is -1.46. The van der Waals surface area contributed by atoms with E-state index in [-0.39, 0.29) is 40.9 Å². The predicted octanol–water partition coefficient (Wildman–Crippen LogP) is -1.39. The van der Waals surface area contributed by atoms with Gasteiger partial charge in [0.05, 0.1) is 0 Å². The molecule has 6 N–H and O–H groups in total. The Morgan fingerprint density at radius 1 is 1.37 bits per heavy atom. The summed E-state index contributed by atoms with van der Waals surface area (Å²) in [5, 5.41) is 21.4. The number of aryl methyl sites for hydroxylation is 1. The summed E-state index contributed by atoms with van der Waals surface area (Å²) in [5.74, 6) is -3.66. The maximum absolute atomic E-state index is 13.1. The summed E-state index contributed by atoms with van der Waals surface area (Å²) in [6, 6.07) is -0.453. The highest BCUT2D eigenvalue weighted by Crippen LogP contribution is 2.35. The lowest BCUT2D eigenvalue weighted by Gasteiger charge is -2.49. The zero-order valence-corrected chi connectivity index (χ0v) is 22.0. The Labute approximate surface area is 234 Å². The molecule has 2 atom stereocenters. The van der Waals surface area contributed by atoms with Crippen LogP contribution in [0.4, 0.5) is 10.9 Å². The van der Waals surface area contributed by atoms with Crippen molar-refractivity contribution in [1.82, 2.24) is 20.4 Å². The van der Waals surface area contributed by atoms with Gasteiger partial charge in [0.15, 0.2) is 34.7 Å². The van der Waals surface area contributed by atoms with Crippen LogP contribution in [0.25, 0.3) is 0 Å². The minimum Gasteiger partial charge on any atom is -0.489 e. The van der Waals surface area contributed by atoms with E-state index in [1.54, 1.807) is 13.0 Å². The molecule has 3 aliphatic heterocycles. The summed E-state index contributed by atoms with van der Waals surface area (Å²) in [4.78, 5) is 73.3. The van der Waals surface area contributed by atoms with Crippen molar-refractivity contribution in [2.45, 2.75) is 25.4 Å². The van der Waals surface area contributed by atoms with Gasteiger partial charge < -0.3 is 36.0 Å². The second-order valence-corrected chi connectivity index (χ2v) is 9.87. The normalized spacial score (nSPS) is 21.5. The number of aliphatic carboxylic acids is 1. The number of β-lactam (4-membered cyclic amide) rings is 1. The lowest BCUT2D eigenvalue weighted by molar-refractivity contribution is -0.159. The molecular formula is C23H22N8O9S. The Bertz CT molecular complexity index is 1560. The highest BCUT2D eigenvalue weighted by Gasteiger charge is 2.55. The molecule has 0 unspecified atom stereocenters. The molecule has 41 heavy (non-hydrogen) atoms. The fraction of sp³-hybridized carbons (Fsp3) is 0.304. The van der Waals surface area contributed by atoms with Crippen LogP contribution in [-0.4, -0.2) is 87.3 Å². The number of fused-ring (bicyclic) bond motifs is 1. The van der Waals surface area contributed by atoms with Crippen molar-refractivity contribution in [2.75, 3.05) is 30.4 Å². The third-order valence-electron chi connectivity index (χ3n) is 6.26. The Hall–Kier alpha value is -5.26. The average Bonchev–Trinajstić information content (AvgIpc) is 3.64. The van der Waals surface area contributed by atoms with Crippen LogP contribution in [0.5, 0.6) is 0 Å². The average molecular weight is 587 g/mol. The number of carboxylic acids is 1. The van der Waals surface area contributed by atoms with E-state index in [1.165, 1.54) is 16.4 Å². The molecule has 0 radical (unpaired) electrons. The van der Waals surface area contributed by atoms with Gasteiger partial charge in [-0.2, -0.15) is 0 Å². The van der Waals surface area contributed by atoms with Gasteiger partial charge in [0.1, 0.15) is 30.1 Å². The van der Waals surface area contributed by atoms with E-state index in [9.17, 15) is 29.1 Å². The predicted molar refractivity (Wildman–Crippen MR) is 138 cm³/mol. The summed E-state index contributed by atoms with van der Waals surface area (Å²) in [6.07, 6.45) is 1.57. The molecule has 17 nitrogen and oxygen atoms in total. The van der Waals surface area contributed by atoms with Crippen LogP contribution in [0.2, 0.25) is 0 Å². The lowest BCUT2D eigenvalue weighted by Crippen LogP contribution is -2.73. The number of nitrogen functional groups attached to an aromatic ring is 1. The lowest BCUT2D eigenvalue weighted by atomic mass is 9.92. The maximum atomic E-state index is 13.1. The number of carbonyl (C=O) groups is 5. The molecule has 5 rings (SSSR count). The number of nitrogens with zero attached hydrogens (tertiary/aromatic N) is 5. The first-order chi connectivity index (χ1) is 19.5. The summed E-state index contributed by atoms with van der Waals surface area (Å²) in [7, 11) is 0. The molecule has 2 saturated heterocycles. The van der Waals surface area contributed by atoms with Crippen LogP contribution in [0.3, 0.4) is 0 Å². The molecule has 0 aromatic carbocycles. The van der Waals surface area contributed by atoms with Crippen molar-refractivity contribution in [1.29, 1.82) is 0 Å². The van der Waals surface area contributed by atoms with Crippen LogP contribution in [0.15, 0.2) is 44.2 Å². The Kier molecular flexibility index (Phi) is 7.14. The second-order valence-electron chi connectivity index (χ2n) is 8.98. The van der Waals surface area contributed by atoms with Gasteiger partial charge in [0, 0.05) is 23.6 Å². The SMILES string of the molecule is Cc1cc(N2CC/C(=C\C3=C(C(=O)O)N4C(=O)[C@@H](NC(=O)/C(=N\OCC(N)=O)c5csc(N)n5)[C@H]4CO3)C2=O)no1. The first-order valence-electron chi connectivity index (χ1n) is 11.9. The Balaban J connectivity index is 1.34. The van der Waals surface area contributed by atoms with Crippen molar-refractivity contribution in [3.8, 4) is 0 Å². The molecule has 3 aliphatic rings. The first kappa shape index (κ1) is 27.3. The van der Waals surface area contributed by atoms with E-state index < -0.39 is 54.0 Å². The van der Waals surface area contributed by atoms with Gasteiger partial charge in [-0.05, 0) is 19.4 Å². The third-order valence-corrected chi connectivity index (χ3v) is 6.93. The van der Waals surface area contributed by atoms with Gasteiger partial charge in [-0.1, -0.05) is 10.3 Å². The van der Waals surface area contributed by atoms with E-state index >= 15 is 0 Å². The summed E-state index contributed by atoms with van der Waals surface area (Å²) >= 11 is 1.02. The van der Waals surface area contributed by atoms with E-state index in [2.05, 4.69) is 20.6 Å². The number of carboxylic acid groups (broad SMARTS) is 1. The van der Waals surface area contributed by atoms with E-state index in [0.29, 0.717) is 18.1 Å². The largest absolute Gasteiger partial charge is 0.489 e. The molecule has 18 heteroatoms. The number of amides is 4. The molecule has 0 saturated carbocycles. The number of hydrogen-bond acceptors (Lipinski definition) is 13. The smallest absolute Gasteiger partial charge is 0.356 e. The van der Waals surface area contributed by atoms with Crippen molar-refractivity contribution in [2.24, 2.45) is 10.9 Å². The topological polar surface area (TPSA) is 246 Å². The molecule has 4 amide bonds. The molecule has 0 spiro atoms. The van der Waals surface area contributed by atoms with Crippen molar-refractivity contribution >= 4 is 57.6 Å². The number of ether oxygens (including phenoxy) is 1. The number of thiazole rings is 1. The van der Waals surface area contributed by atoms with E-state index in [4.69, 9.17) is 25.6 Å². The number of allylic oxidation sites excluding steroid dienone is 1. The van der Waals surface area contributed by atoms with Gasteiger partial charge >= 0.3 is 5.97 Å². The highest BCUT2D eigenvalue weighted by atomic mass is 32.1. The Morgan fingerprint density at radius 2 is 2.15 bits per heavy atom. The van der Waals surface area contributed by atoms with Gasteiger partial charge in [-0.3, -0.25) is 29.0 Å². The number of rotatable bonds is 9. The van der Waals surface area contributed by atoms with E-state index in [0.717, 1.165) is 16.2 Å². The fourth-order valence-corrected chi connectivity index (χ4v) is 4.95. The molecule has 2 aromatic heterocycles. The number of hydrogen-bond donors (Lipinski definition) is 4. The van der Waals surface area contributed by atoms with Crippen molar-refractivity contribution in [3.05, 3.63) is 46.0 Å².